The van der Waals surface area contributed by atoms with Gasteiger partial charge >= 0.3 is 0 Å². The van der Waals surface area contributed by atoms with E-state index >= 15 is 0 Å². The molecule has 2 aliphatic rings. The van der Waals surface area contributed by atoms with Crippen LogP contribution in [-0.4, -0.2) is 76.6 Å². The topological polar surface area (TPSA) is 109 Å². The van der Waals surface area contributed by atoms with Gasteiger partial charge in [-0.15, -0.1) is 10.2 Å². The number of aromatic nitrogens is 3. The molecule has 2 fully saturated rings. The van der Waals surface area contributed by atoms with E-state index in [-0.39, 0.29) is 0 Å². The zero-order chi connectivity index (χ0) is 23.5. The molecule has 0 unspecified atom stereocenters. The number of benzene rings is 1. The molecule has 182 valence electrons. The summed E-state index contributed by atoms with van der Waals surface area (Å²) < 4.78 is 40.8. The van der Waals surface area contributed by atoms with Crippen molar-refractivity contribution in [2.45, 2.75) is 39.2 Å². The second-order valence-corrected chi connectivity index (χ2v) is 10.8. The highest BCUT2D eigenvalue weighted by Gasteiger charge is 2.33. The maximum absolute atomic E-state index is 13.1. The Morgan fingerprint density at radius 3 is 2.26 bits per heavy atom. The van der Waals surface area contributed by atoms with Gasteiger partial charge in [-0.2, -0.15) is 17.0 Å². The number of nitrogens with zero attached hydrogens (tertiary/aromatic N) is 6. The minimum absolute atomic E-state index is 0.370. The number of aryl methyl sites for hydroxylation is 1. The number of hydrogen-bond donors (Lipinski definition) is 0. The van der Waals surface area contributed by atoms with Crippen molar-refractivity contribution < 1.29 is 17.4 Å². The summed E-state index contributed by atoms with van der Waals surface area (Å²) in [4.78, 5) is 2.14. The lowest BCUT2D eigenvalue weighted by Gasteiger charge is -2.36. The SMILES string of the molecule is Cc1onc(-c2ccccc2)c1-c1nnc(CN2CCN(S(=O)(=O)N3CCCCCC3)CC2)o1. The first kappa shape index (κ1) is 23.2. The van der Waals surface area contributed by atoms with E-state index in [1.54, 1.807) is 8.61 Å². The van der Waals surface area contributed by atoms with Gasteiger partial charge in [-0.1, -0.05) is 48.3 Å². The first-order chi connectivity index (χ1) is 16.5. The van der Waals surface area contributed by atoms with Crippen LogP contribution in [0.4, 0.5) is 0 Å². The van der Waals surface area contributed by atoms with E-state index in [2.05, 4.69) is 20.3 Å². The Labute approximate surface area is 199 Å². The van der Waals surface area contributed by atoms with Gasteiger partial charge in [0.05, 0.1) is 6.54 Å². The predicted molar refractivity (Wildman–Crippen MR) is 126 cm³/mol. The van der Waals surface area contributed by atoms with Crippen LogP contribution in [0.5, 0.6) is 0 Å². The Morgan fingerprint density at radius 1 is 0.882 bits per heavy atom. The van der Waals surface area contributed by atoms with Crippen molar-refractivity contribution in [3.63, 3.8) is 0 Å². The number of rotatable bonds is 6. The minimum Gasteiger partial charge on any atom is -0.419 e. The standard InChI is InChI=1S/C23H30N6O4S/c1-18-21(22(26-33-18)19-9-5-4-6-10-19)23-25-24-20(32-23)17-27-13-15-29(16-14-27)34(30,31)28-11-7-2-3-8-12-28/h4-6,9-10H,2-3,7-8,11-17H2,1H3. The highest BCUT2D eigenvalue weighted by Crippen LogP contribution is 2.33. The van der Waals surface area contributed by atoms with E-state index in [1.807, 2.05) is 37.3 Å². The molecule has 0 amide bonds. The zero-order valence-electron chi connectivity index (χ0n) is 19.4. The van der Waals surface area contributed by atoms with E-state index in [1.165, 1.54) is 0 Å². The molecule has 0 atom stereocenters. The fourth-order valence-electron chi connectivity index (χ4n) is 4.58. The smallest absolute Gasteiger partial charge is 0.282 e. The van der Waals surface area contributed by atoms with E-state index in [4.69, 9.17) is 8.94 Å². The molecule has 11 heteroatoms. The molecule has 0 spiro atoms. The molecule has 0 bridgehead atoms. The predicted octanol–water partition coefficient (Wildman–Crippen LogP) is 2.94. The lowest BCUT2D eigenvalue weighted by molar-refractivity contribution is 0.163. The van der Waals surface area contributed by atoms with Crippen molar-refractivity contribution in [1.29, 1.82) is 0 Å². The van der Waals surface area contributed by atoms with Crippen LogP contribution in [0.15, 0.2) is 39.3 Å². The minimum atomic E-state index is -3.39. The molecular weight excluding hydrogens is 456 g/mol. The molecule has 2 aromatic heterocycles. The Morgan fingerprint density at radius 2 is 1.56 bits per heavy atom. The summed E-state index contributed by atoms with van der Waals surface area (Å²) in [6, 6.07) is 9.73. The van der Waals surface area contributed by atoms with Gasteiger partial charge in [0.1, 0.15) is 17.0 Å². The van der Waals surface area contributed by atoms with Crippen LogP contribution in [-0.2, 0) is 16.8 Å². The molecule has 34 heavy (non-hydrogen) atoms. The van der Waals surface area contributed by atoms with Gasteiger partial charge in [-0.3, -0.25) is 4.90 Å². The van der Waals surface area contributed by atoms with Crippen LogP contribution in [0.2, 0.25) is 0 Å². The third-order valence-electron chi connectivity index (χ3n) is 6.50. The van der Waals surface area contributed by atoms with E-state index in [0.29, 0.717) is 74.6 Å². The second kappa shape index (κ2) is 9.95. The van der Waals surface area contributed by atoms with Crippen LogP contribution < -0.4 is 0 Å². The molecule has 5 rings (SSSR count). The molecule has 0 aliphatic carbocycles. The van der Waals surface area contributed by atoms with Gasteiger partial charge in [0.2, 0.25) is 5.89 Å². The van der Waals surface area contributed by atoms with Crippen LogP contribution in [0.3, 0.4) is 0 Å². The molecule has 0 radical (unpaired) electrons. The fraction of sp³-hybridized carbons (Fsp3) is 0.522. The van der Waals surface area contributed by atoms with Crippen molar-refractivity contribution in [2.75, 3.05) is 39.3 Å². The summed E-state index contributed by atoms with van der Waals surface area (Å²) in [5.74, 6) is 1.47. The third kappa shape index (κ3) is 4.78. The molecule has 2 aliphatic heterocycles. The molecule has 4 heterocycles. The lowest BCUT2D eigenvalue weighted by atomic mass is 10.1. The molecule has 0 N–H and O–H groups in total. The summed E-state index contributed by atoms with van der Waals surface area (Å²) in [7, 11) is -3.39. The average Bonchev–Trinajstić information content (AvgIpc) is 3.35. The average molecular weight is 487 g/mol. The first-order valence-corrected chi connectivity index (χ1v) is 13.2. The summed E-state index contributed by atoms with van der Waals surface area (Å²) >= 11 is 0. The van der Waals surface area contributed by atoms with Crippen molar-refractivity contribution in [2.24, 2.45) is 0 Å². The van der Waals surface area contributed by atoms with Gasteiger partial charge < -0.3 is 8.94 Å². The van der Waals surface area contributed by atoms with Crippen LogP contribution in [0.25, 0.3) is 22.7 Å². The van der Waals surface area contributed by atoms with Crippen LogP contribution in [0, 0.1) is 6.92 Å². The largest absolute Gasteiger partial charge is 0.419 e. The van der Waals surface area contributed by atoms with E-state index in [0.717, 1.165) is 31.2 Å². The lowest BCUT2D eigenvalue weighted by Crippen LogP contribution is -2.52. The highest BCUT2D eigenvalue weighted by atomic mass is 32.2. The normalized spacial score (nSPS) is 19.3. The quantitative estimate of drug-likeness (QED) is 0.523. The summed E-state index contributed by atoms with van der Waals surface area (Å²) in [5.41, 5.74) is 2.27. The molecular formula is C23H30N6O4S. The van der Waals surface area contributed by atoms with Crippen LogP contribution >= 0.6 is 0 Å². The van der Waals surface area contributed by atoms with Gasteiger partial charge in [-0.25, -0.2) is 0 Å². The maximum Gasteiger partial charge on any atom is 0.282 e. The van der Waals surface area contributed by atoms with Gasteiger partial charge in [0.15, 0.2) is 0 Å². The van der Waals surface area contributed by atoms with Gasteiger partial charge in [0, 0.05) is 44.8 Å². The monoisotopic (exact) mass is 486 g/mol. The Kier molecular flexibility index (Phi) is 6.77. The molecule has 3 aromatic rings. The highest BCUT2D eigenvalue weighted by molar-refractivity contribution is 7.86. The molecule has 10 nitrogen and oxygen atoms in total. The molecule has 2 saturated heterocycles. The maximum atomic E-state index is 13.1. The summed E-state index contributed by atoms with van der Waals surface area (Å²) in [5, 5.41) is 12.6. The van der Waals surface area contributed by atoms with Crippen molar-refractivity contribution in [3.05, 3.63) is 42.0 Å². The van der Waals surface area contributed by atoms with Crippen molar-refractivity contribution in [3.8, 4) is 22.7 Å². The Balaban J connectivity index is 1.23. The molecule has 1 aromatic carbocycles. The Bertz CT molecular complexity index is 1190. The van der Waals surface area contributed by atoms with Crippen molar-refractivity contribution >= 4 is 10.2 Å². The van der Waals surface area contributed by atoms with E-state index in [9.17, 15) is 8.42 Å². The summed E-state index contributed by atoms with van der Waals surface area (Å²) in [6.45, 7) is 5.70. The van der Waals surface area contributed by atoms with Crippen LogP contribution in [0.1, 0.15) is 37.3 Å². The number of hydrogen-bond acceptors (Lipinski definition) is 8. The third-order valence-corrected chi connectivity index (χ3v) is 8.53. The summed E-state index contributed by atoms with van der Waals surface area (Å²) in [6.07, 6.45) is 4.09. The van der Waals surface area contributed by atoms with Gasteiger partial charge in [0.25, 0.3) is 16.1 Å². The molecule has 0 saturated carbocycles. The fourth-order valence-corrected chi connectivity index (χ4v) is 6.25. The second-order valence-electron chi connectivity index (χ2n) is 8.83. The number of piperazine rings is 1. The first-order valence-electron chi connectivity index (χ1n) is 11.8. The van der Waals surface area contributed by atoms with E-state index < -0.39 is 10.2 Å². The van der Waals surface area contributed by atoms with Crippen molar-refractivity contribution in [1.82, 2.24) is 28.9 Å². The van der Waals surface area contributed by atoms with Gasteiger partial charge in [-0.05, 0) is 19.8 Å². The zero-order valence-corrected chi connectivity index (χ0v) is 20.2. The Hall–Kier alpha value is -2.60.